The molecule has 0 N–H and O–H groups in total. The second-order valence-electron chi connectivity index (χ2n) is 7.55. The molecule has 0 saturated carbocycles. The molecule has 0 aromatic rings. The van der Waals surface area contributed by atoms with E-state index in [4.69, 9.17) is 25.3 Å². The normalized spacial score (nSPS) is 31.8. The zero-order valence-corrected chi connectivity index (χ0v) is 20.9. The number of hydrogen-bond donors (Lipinski definition) is 0. The van der Waals surface area contributed by atoms with Gasteiger partial charge in [-0.1, -0.05) is 13.8 Å². The van der Waals surface area contributed by atoms with E-state index < -0.39 is 36.2 Å². The zero-order valence-electron chi connectivity index (χ0n) is 16.9. The Bertz CT molecular complexity index is 370. The first-order chi connectivity index (χ1) is 10.7. The first kappa shape index (κ1) is 22.7. The van der Waals surface area contributed by atoms with Crippen LogP contribution in [0.4, 0.5) is 0 Å². The van der Waals surface area contributed by atoms with Gasteiger partial charge in [0, 0.05) is 13.1 Å². The Morgan fingerprint density at radius 1 is 0.708 bits per heavy atom. The molecule has 0 aromatic carbocycles. The minimum Gasteiger partial charge on any atom is -0.393 e. The van der Waals surface area contributed by atoms with Gasteiger partial charge in [-0.25, -0.2) is 0 Å². The average molecular weight is 411 g/mol. The van der Waals surface area contributed by atoms with E-state index in [-0.39, 0.29) is 11.2 Å². The van der Waals surface area contributed by atoms with Crippen molar-refractivity contribution >= 4 is 36.2 Å². The van der Waals surface area contributed by atoms with Crippen molar-refractivity contribution in [2.45, 2.75) is 91.8 Å². The lowest BCUT2D eigenvalue weighted by Crippen LogP contribution is -2.62. The topological polar surface area (TPSA) is 55.4 Å². The van der Waals surface area contributed by atoms with Crippen LogP contribution in [0.25, 0.3) is 0 Å². The summed E-state index contributed by atoms with van der Waals surface area (Å²) in [6, 6.07) is 0. The van der Waals surface area contributed by atoms with Crippen LogP contribution in [0.5, 0.6) is 0 Å². The molecule has 10 heteroatoms. The van der Waals surface area contributed by atoms with Gasteiger partial charge in [0.1, 0.15) is 0 Å². The summed E-state index contributed by atoms with van der Waals surface area (Å²) >= 11 is 0. The van der Waals surface area contributed by atoms with Gasteiger partial charge in [0.15, 0.2) is 0 Å². The van der Waals surface area contributed by atoms with Crippen LogP contribution in [0.3, 0.4) is 0 Å². The Morgan fingerprint density at radius 3 is 1.17 bits per heavy atom. The highest BCUT2D eigenvalue weighted by Gasteiger charge is 2.52. The van der Waals surface area contributed by atoms with Crippen molar-refractivity contribution < 1.29 is 25.3 Å². The molecule has 0 amide bonds. The predicted octanol–water partition coefficient (Wildman–Crippen LogP) is 3.85. The molecule has 0 aromatic heterocycles. The fourth-order valence-electron chi connectivity index (χ4n) is 2.36. The van der Waals surface area contributed by atoms with E-state index in [1.165, 1.54) is 0 Å². The maximum absolute atomic E-state index is 6.24. The maximum Gasteiger partial charge on any atom is 0.480 e. The van der Waals surface area contributed by atoms with E-state index in [1.807, 2.05) is 53.9 Å². The van der Waals surface area contributed by atoms with Crippen LogP contribution >= 0.6 is 0 Å². The molecule has 1 aliphatic heterocycles. The Morgan fingerprint density at radius 2 is 0.958 bits per heavy atom. The van der Waals surface area contributed by atoms with Crippen LogP contribution in [0.1, 0.15) is 54.4 Å². The van der Waals surface area contributed by atoms with Crippen molar-refractivity contribution in [2.24, 2.45) is 0 Å². The minimum absolute atomic E-state index is 0.300. The molecule has 1 rings (SSSR count). The van der Waals surface area contributed by atoms with E-state index >= 15 is 0 Å². The lowest BCUT2D eigenvalue weighted by molar-refractivity contribution is 0.00755. The minimum atomic E-state index is -2.82. The molecule has 0 spiro atoms. The first-order valence-corrected chi connectivity index (χ1v) is 16.7. The summed E-state index contributed by atoms with van der Waals surface area (Å²) in [6.07, 6.45) is 1.75. The molecule has 0 aliphatic carbocycles. The summed E-state index contributed by atoms with van der Waals surface area (Å²) in [5.74, 6) is 0. The lowest BCUT2D eigenvalue weighted by atomic mass is 10.1. The number of hydrogen-bond acceptors (Lipinski definition) is 6. The molecule has 1 saturated heterocycles. The Kier molecular flexibility index (Phi) is 7.66. The first-order valence-electron chi connectivity index (χ1n) is 8.57. The fourth-order valence-corrected chi connectivity index (χ4v) is 15.8. The fraction of sp³-hybridized carbons (Fsp3) is 1.00. The van der Waals surface area contributed by atoms with Gasteiger partial charge in [-0.3, -0.25) is 0 Å². The van der Waals surface area contributed by atoms with Crippen molar-refractivity contribution in [1.82, 2.24) is 0 Å². The molecule has 142 valence electrons. The Balaban J connectivity index is 2.92. The van der Waals surface area contributed by atoms with Crippen LogP contribution < -0.4 is 0 Å². The molecular weight excluding hydrogens is 376 g/mol. The van der Waals surface area contributed by atoms with Gasteiger partial charge in [0.05, 0.1) is 11.2 Å². The predicted molar refractivity (Wildman–Crippen MR) is 102 cm³/mol. The van der Waals surface area contributed by atoms with Crippen LogP contribution in [0, 0.1) is 0 Å². The van der Waals surface area contributed by atoms with Crippen LogP contribution in [0.15, 0.2) is 0 Å². The highest BCUT2D eigenvalue weighted by Crippen LogP contribution is 2.30. The summed E-state index contributed by atoms with van der Waals surface area (Å²) in [6.45, 7) is 20.1. The van der Waals surface area contributed by atoms with E-state index in [9.17, 15) is 0 Å². The van der Waals surface area contributed by atoms with Gasteiger partial charge in [0.2, 0.25) is 0 Å². The van der Waals surface area contributed by atoms with Gasteiger partial charge < -0.3 is 25.3 Å². The summed E-state index contributed by atoms with van der Waals surface area (Å²) in [4.78, 5) is 0. The molecule has 1 fully saturated rings. The summed E-state index contributed by atoms with van der Waals surface area (Å²) in [5.41, 5.74) is -0.599. The third-order valence-corrected chi connectivity index (χ3v) is 16.3. The van der Waals surface area contributed by atoms with E-state index in [0.717, 1.165) is 12.8 Å². The van der Waals surface area contributed by atoms with Crippen LogP contribution in [-0.4, -0.2) is 47.4 Å². The highest BCUT2D eigenvalue weighted by molar-refractivity contribution is 6.81. The van der Waals surface area contributed by atoms with Gasteiger partial charge in [0.25, 0.3) is 0 Å². The third kappa shape index (κ3) is 7.09. The van der Waals surface area contributed by atoms with Gasteiger partial charge >= 0.3 is 36.2 Å². The highest BCUT2D eigenvalue weighted by atomic mass is 28.5. The standard InChI is InChI=1S/C14H34O6Si4/c1-11-13(3,4)15-23(9)17-21(7)19-24(10,20-22(8)18-23)16-14(5,6)12-2/h11-12H2,1-10H3. The van der Waals surface area contributed by atoms with E-state index in [1.54, 1.807) is 0 Å². The molecule has 1 aliphatic rings. The second-order valence-corrected chi connectivity index (χ2v) is 16.6. The molecule has 0 bridgehead atoms. The van der Waals surface area contributed by atoms with E-state index in [2.05, 4.69) is 13.8 Å². The van der Waals surface area contributed by atoms with Crippen molar-refractivity contribution in [3.05, 3.63) is 0 Å². The van der Waals surface area contributed by atoms with Gasteiger partial charge in [-0.05, 0) is 53.6 Å². The Hall–Kier alpha value is 0.628. The quantitative estimate of drug-likeness (QED) is 0.620. The smallest absolute Gasteiger partial charge is 0.393 e. The van der Waals surface area contributed by atoms with Crippen molar-refractivity contribution in [3.63, 3.8) is 0 Å². The molecule has 1 heterocycles. The summed E-state index contributed by atoms with van der Waals surface area (Å²) in [7, 11) is -8.86. The van der Waals surface area contributed by atoms with Crippen molar-refractivity contribution in [1.29, 1.82) is 0 Å². The molecule has 2 radical (unpaired) electrons. The molecular formula is C14H34O6Si4. The molecule has 6 nitrogen and oxygen atoms in total. The maximum atomic E-state index is 6.24. The SMILES string of the molecule is CCC(C)(C)O[Si]1(C)O[Si](C)O[Si](C)(OC(C)(C)CC)O[Si](C)O1. The second kappa shape index (κ2) is 8.11. The monoisotopic (exact) mass is 410 g/mol. The molecule has 24 heavy (non-hydrogen) atoms. The average Bonchev–Trinajstić information content (AvgIpc) is 2.33. The van der Waals surface area contributed by atoms with Crippen molar-refractivity contribution in [2.75, 3.05) is 0 Å². The van der Waals surface area contributed by atoms with E-state index in [0.29, 0.717) is 0 Å². The summed E-state index contributed by atoms with van der Waals surface area (Å²) in [5, 5.41) is 0. The van der Waals surface area contributed by atoms with Crippen LogP contribution in [-0.2, 0) is 25.3 Å². The zero-order chi connectivity index (χ0) is 18.8. The third-order valence-electron chi connectivity index (χ3n) is 3.94. The van der Waals surface area contributed by atoms with Crippen LogP contribution in [0.2, 0.25) is 26.2 Å². The van der Waals surface area contributed by atoms with Gasteiger partial charge in [-0.15, -0.1) is 0 Å². The lowest BCUT2D eigenvalue weighted by Gasteiger charge is -2.43. The Labute approximate surface area is 153 Å². The largest absolute Gasteiger partial charge is 0.480 e. The summed E-state index contributed by atoms with van der Waals surface area (Å²) < 4.78 is 37.3. The molecule has 0 atom stereocenters. The van der Waals surface area contributed by atoms with Crippen molar-refractivity contribution in [3.8, 4) is 0 Å². The molecule has 0 unspecified atom stereocenters. The number of rotatable bonds is 6. The van der Waals surface area contributed by atoms with Gasteiger partial charge in [-0.2, -0.15) is 0 Å².